The zero-order chi connectivity index (χ0) is 33.8. The largest absolute Gasteiger partial charge is 0.507 e. The highest BCUT2D eigenvalue weighted by atomic mass is 28.4. The van der Waals surface area contributed by atoms with E-state index >= 15 is 0 Å². The Bertz CT molecular complexity index is 1410. The summed E-state index contributed by atoms with van der Waals surface area (Å²) in [5.74, 6) is 0.388. The number of benzene rings is 2. The summed E-state index contributed by atoms with van der Waals surface area (Å²) in [6.45, 7) is 19.5. The predicted molar refractivity (Wildman–Crippen MR) is 188 cm³/mol. The van der Waals surface area contributed by atoms with Crippen LogP contribution >= 0.6 is 0 Å². The third kappa shape index (κ3) is 10.6. The molecule has 0 unspecified atom stereocenters. The van der Waals surface area contributed by atoms with Crippen molar-refractivity contribution in [2.24, 2.45) is 15.0 Å². The lowest BCUT2D eigenvalue weighted by Crippen LogP contribution is -2.34. The Hall–Kier alpha value is -2.85. The van der Waals surface area contributed by atoms with Crippen LogP contribution in [0, 0.1) is 0 Å². The highest BCUT2D eigenvalue weighted by Crippen LogP contribution is 2.37. The van der Waals surface area contributed by atoms with E-state index in [2.05, 4.69) is 73.4 Å². The number of hydrogen-bond acceptors (Lipinski definition) is 8. The van der Waals surface area contributed by atoms with Crippen molar-refractivity contribution in [1.29, 1.82) is 0 Å². The molecule has 8 nitrogen and oxygen atoms in total. The lowest BCUT2D eigenvalue weighted by atomic mass is 9.79. The third-order valence-electron chi connectivity index (χ3n) is 8.35. The van der Waals surface area contributed by atoms with Crippen LogP contribution in [-0.2, 0) is 16.2 Å². The van der Waals surface area contributed by atoms with Crippen LogP contribution in [0.1, 0.15) is 128 Å². The van der Waals surface area contributed by atoms with Crippen LogP contribution in [0.3, 0.4) is 0 Å². The minimum Gasteiger partial charge on any atom is -0.507 e. The summed E-state index contributed by atoms with van der Waals surface area (Å²) in [5.41, 5.74) is 4.71. The van der Waals surface area contributed by atoms with Gasteiger partial charge in [0.15, 0.2) is 0 Å². The summed E-state index contributed by atoms with van der Waals surface area (Å²) in [4.78, 5) is 42.0. The second-order valence-corrected chi connectivity index (χ2v) is 17.6. The van der Waals surface area contributed by atoms with Gasteiger partial charge in [0.2, 0.25) is 0 Å². The van der Waals surface area contributed by atoms with E-state index in [4.69, 9.17) is 9.98 Å². The molecule has 1 aliphatic carbocycles. The molecule has 2 aromatic carbocycles. The molecule has 2 aromatic rings. The van der Waals surface area contributed by atoms with Gasteiger partial charge in [0.05, 0.1) is 12.1 Å². The normalized spacial score (nSPS) is 18.9. The Labute approximate surface area is 271 Å². The number of rotatable bonds is 9. The van der Waals surface area contributed by atoms with Crippen molar-refractivity contribution >= 4 is 27.4 Å². The van der Waals surface area contributed by atoms with E-state index in [1.807, 2.05) is 18.3 Å². The fraction of sp³-hybridized carbons (Fsp3) is 0.583. The van der Waals surface area contributed by atoms with E-state index in [0.29, 0.717) is 18.5 Å². The highest BCUT2D eigenvalue weighted by molar-refractivity contribution is 6.56. The quantitative estimate of drug-likeness (QED) is 0.120. The van der Waals surface area contributed by atoms with Crippen LogP contribution in [0.5, 0.6) is 11.5 Å². The lowest BCUT2D eigenvalue weighted by molar-refractivity contribution is 0.227. The Kier molecular flexibility index (Phi) is 11.6. The lowest BCUT2D eigenvalue weighted by Gasteiger charge is -2.28. The van der Waals surface area contributed by atoms with Gasteiger partial charge in [0, 0.05) is 47.9 Å². The fourth-order valence-corrected chi connectivity index (χ4v) is 6.24. The molecule has 1 saturated carbocycles. The van der Waals surface area contributed by atoms with E-state index in [-0.39, 0.29) is 45.9 Å². The fourth-order valence-electron chi connectivity index (χ4n) is 5.60. The van der Waals surface area contributed by atoms with Crippen molar-refractivity contribution in [3.05, 3.63) is 57.6 Å². The molecular formula is C36H55N3O5Si. The van der Waals surface area contributed by atoms with Crippen LogP contribution in [-0.4, -0.2) is 70.7 Å². The number of aliphatic imine (C=N–C) groups is 3. The molecular weight excluding hydrogens is 582 g/mol. The van der Waals surface area contributed by atoms with Crippen LogP contribution in [0.2, 0.25) is 6.04 Å². The summed E-state index contributed by atoms with van der Waals surface area (Å²) in [6.07, 6.45) is 9.58. The molecule has 0 aliphatic heterocycles. The van der Waals surface area contributed by atoms with Crippen molar-refractivity contribution in [2.75, 3.05) is 6.54 Å². The molecule has 0 saturated heterocycles. The topological polar surface area (TPSA) is 138 Å². The predicted octanol–water partition coefficient (Wildman–Crippen LogP) is 6.56. The maximum absolute atomic E-state index is 11.2. The third-order valence-corrected chi connectivity index (χ3v) is 9.38. The number of phenols is 2. The van der Waals surface area contributed by atoms with Gasteiger partial charge >= 0.3 is 8.80 Å². The van der Waals surface area contributed by atoms with E-state index in [1.165, 1.54) is 0 Å². The van der Waals surface area contributed by atoms with Crippen molar-refractivity contribution in [2.45, 2.75) is 129 Å². The number of nitrogens with zero attached hydrogens (tertiary/aromatic N) is 3. The standard InChI is InChI=1S/C36H55N3O5Si/c1-34(2,3)27-17-26(33(41)29(20-27)36(7,8)9)23-39-31-14-11-10-13-30(31)38-22-25-18-28(35(4,5)6)24(19-32(25)40)21-37-15-12-16-45(42,43)44/h17-23,30-31,40-44H,10-16H2,1-9H3/t30-,31+/m1/s1. The van der Waals surface area contributed by atoms with Crippen LogP contribution in [0.25, 0.3) is 0 Å². The second kappa shape index (κ2) is 14.3. The van der Waals surface area contributed by atoms with Crippen LogP contribution in [0.4, 0.5) is 0 Å². The van der Waals surface area contributed by atoms with Crippen LogP contribution < -0.4 is 0 Å². The molecule has 0 spiro atoms. The average Bonchev–Trinajstić information content (AvgIpc) is 2.89. The SMILES string of the molecule is CC(C)(C)c1cc(C=N[C@H]2CCCC[C@H]2N=Cc2cc(C(C)(C)C)c(C=NCCC[Si](O)(O)O)cc2O)c(O)c(C(C)(C)C)c1. The molecule has 248 valence electrons. The molecule has 9 heteroatoms. The molecule has 0 heterocycles. The van der Waals surface area contributed by atoms with Gasteiger partial charge in [0.1, 0.15) is 11.5 Å². The minimum atomic E-state index is -4.06. The summed E-state index contributed by atoms with van der Waals surface area (Å²) < 4.78 is 0. The summed E-state index contributed by atoms with van der Waals surface area (Å²) >= 11 is 0. The van der Waals surface area contributed by atoms with Crippen molar-refractivity contribution in [3.8, 4) is 11.5 Å². The van der Waals surface area contributed by atoms with Gasteiger partial charge in [-0.3, -0.25) is 15.0 Å². The zero-order valence-electron chi connectivity index (χ0n) is 28.7. The van der Waals surface area contributed by atoms with Gasteiger partial charge in [-0.1, -0.05) is 81.2 Å². The van der Waals surface area contributed by atoms with Gasteiger partial charge in [-0.25, -0.2) is 0 Å². The van der Waals surface area contributed by atoms with Gasteiger partial charge in [0.25, 0.3) is 0 Å². The van der Waals surface area contributed by atoms with Gasteiger partial charge < -0.3 is 24.6 Å². The molecule has 0 aromatic heterocycles. The van der Waals surface area contributed by atoms with Crippen molar-refractivity contribution in [1.82, 2.24) is 0 Å². The number of phenolic OH excluding ortho intramolecular Hbond substituents is 2. The molecule has 0 amide bonds. The molecule has 0 radical (unpaired) electrons. The maximum Gasteiger partial charge on any atom is 0.492 e. The van der Waals surface area contributed by atoms with Crippen LogP contribution in [0.15, 0.2) is 39.2 Å². The van der Waals surface area contributed by atoms with Gasteiger partial charge in [-0.05, 0) is 70.4 Å². The molecule has 1 aliphatic rings. The molecule has 0 bridgehead atoms. The first-order chi connectivity index (χ1) is 20.7. The van der Waals surface area contributed by atoms with Gasteiger partial charge in [-0.15, -0.1) is 0 Å². The smallest absolute Gasteiger partial charge is 0.492 e. The van der Waals surface area contributed by atoms with Gasteiger partial charge in [-0.2, -0.15) is 0 Å². The van der Waals surface area contributed by atoms with E-state index in [1.54, 1.807) is 18.5 Å². The Morgan fingerprint density at radius 1 is 0.689 bits per heavy atom. The molecule has 3 rings (SSSR count). The number of aromatic hydroxyl groups is 2. The van der Waals surface area contributed by atoms with E-state index < -0.39 is 8.80 Å². The first-order valence-corrected chi connectivity index (χ1v) is 18.2. The minimum absolute atomic E-state index is 0.0278. The Morgan fingerprint density at radius 2 is 1.24 bits per heavy atom. The summed E-state index contributed by atoms with van der Waals surface area (Å²) in [6, 6.07) is 7.69. The summed E-state index contributed by atoms with van der Waals surface area (Å²) in [7, 11) is -4.06. The Balaban J connectivity index is 1.89. The van der Waals surface area contributed by atoms with E-state index in [0.717, 1.165) is 53.5 Å². The molecule has 2 atom stereocenters. The number of hydrogen-bond donors (Lipinski definition) is 5. The average molecular weight is 638 g/mol. The first kappa shape index (κ1) is 36.6. The maximum atomic E-state index is 11.2. The van der Waals surface area contributed by atoms with Crippen molar-refractivity contribution < 1.29 is 24.6 Å². The summed E-state index contributed by atoms with van der Waals surface area (Å²) in [5, 5.41) is 22.2. The highest BCUT2D eigenvalue weighted by Gasteiger charge is 2.27. The zero-order valence-corrected chi connectivity index (χ0v) is 29.7. The van der Waals surface area contributed by atoms with Crippen molar-refractivity contribution in [3.63, 3.8) is 0 Å². The molecule has 45 heavy (non-hydrogen) atoms. The molecule has 5 N–H and O–H groups in total. The second-order valence-electron chi connectivity index (χ2n) is 15.6. The van der Waals surface area contributed by atoms with E-state index in [9.17, 15) is 24.6 Å². The first-order valence-electron chi connectivity index (χ1n) is 16.2. The Morgan fingerprint density at radius 3 is 1.76 bits per heavy atom. The monoisotopic (exact) mass is 637 g/mol. The molecule has 1 fully saturated rings.